The van der Waals surface area contributed by atoms with Crippen molar-refractivity contribution in [3.05, 3.63) is 58.9 Å². The third-order valence-corrected chi connectivity index (χ3v) is 3.45. The summed E-state index contributed by atoms with van der Waals surface area (Å²) in [5.74, 6) is -0.620. The van der Waals surface area contributed by atoms with Crippen LogP contribution in [0.15, 0.2) is 42.6 Å². The molecule has 0 amide bonds. The summed E-state index contributed by atoms with van der Waals surface area (Å²) in [5.41, 5.74) is 1.80. The highest BCUT2D eigenvalue weighted by atomic mass is 35.5. The first-order chi connectivity index (χ1) is 10.1. The van der Waals surface area contributed by atoms with Gasteiger partial charge in [-0.2, -0.15) is 0 Å². The smallest absolute Gasteiger partial charge is 0.307 e. The van der Waals surface area contributed by atoms with Gasteiger partial charge in [0, 0.05) is 6.20 Å². The summed E-state index contributed by atoms with van der Waals surface area (Å²) >= 11 is 5.83. The lowest BCUT2D eigenvalue weighted by molar-refractivity contribution is -0.141. The quantitative estimate of drug-likeness (QED) is 0.832. The number of rotatable bonds is 6. The Bertz CT molecular complexity index is 630. The summed E-state index contributed by atoms with van der Waals surface area (Å²) < 4.78 is 5.16. The topological polar surface area (TPSA) is 59.4 Å². The lowest BCUT2D eigenvalue weighted by Gasteiger charge is -2.13. The Kier molecular flexibility index (Phi) is 5.17. The fourth-order valence-electron chi connectivity index (χ4n) is 2.18. The van der Waals surface area contributed by atoms with Crippen molar-refractivity contribution in [2.75, 3.05) is 7.11 Å². The maximum Gasteiger partial charge on any atom is 0.307 e. The van der Waals surface area contributed by atoms with E-state index in [4.69, 9.17) is 16.3 Å². The van der Waals surface area contributed by atoms with E-state index in [9.17, 15) is 9.90 Å². The molecule has 1 aromatic carbocycles. The monoisotopic (exact) mass is 305 g/mol. The average molecular weight is 306 g/mol. The Morgan fingerprint density at radius 3 is 2.62 bits per heavy atom. The van der Waals surface area contributed by atoms with Gasteiger partial charge in [-0.05, 0) is 48.2 Å². The van der Waals surface area contributed by atoms with Gasteiger partial charge in [0.25, 0.3) is 0 Å². The number of carboxylic acid groups (broad SMARTS) is 1. The van der Waals surface area contributed by atoms with Crippen LogP contribution in [-0.4, -0.2) is 23.2 Å². The van der Waals surface area contributed by atoms with E-state index in [1.54, 1.807) is 25.4 Å². The lowest BCUT2D eigenvalue weighted by atomic mass is 9.93. The predicted molar refractivity (Wildman–Crippen MR) is 80.8 cm³/mol. The standard InChI is InChI=1S/C16H16ClNO3/c1-21-14-4-2-3-11(9-14)7-13(16(19)20)8-12-5-6-18-15(17)10-12/h2-6,9-10,13H,7-8H2,1H3,(H,19,20). The van der Waals surface area contributed by atoms with Crippen molar-refractivity contribution in [3.8, 4) is 5.75 Å². The molecule has 0 aliphatic heterocycles. The zero-order valence-electron chi connectivity index (χ0n) is 11.6. The molecule has 110 valence electrons. The predicted octanol–water partition coefficient (Wildman–Crippen LogP) is 3.23. The maximum absolute atomic E-state index is 11.5. The van der Waals surface area contributed by atoms with E-state index in [0.29, 0.717) is 18.0 Å². The first-order valence-electron chi connectivity index (χ1n) is 6.54. The SMILES string of the molecule is COc1cccc(CC(Cc2ccnc(Cl)c2)C(=O)O)c1. The van der Waals surface area contributed by atoms with Gasteiger partial charge in [0.1, 0.15) is 10.9 Å². The third kappa shape index (κ3) is 4.46. The Hall–Kier alpha value is -2.07. The Labute approximate surface area is 128 Å². The zero-order valence-corrected chi connectivity index (χ0v) is 12.4. The van der Waals surface area contributed by atoms with Gasteiger partial charge in [0.2, 0.25) is 0 Å². The first kappa shape index (κ1) is 15.3. The van der Waals surface area contributed by atoms with Crippen molar-refractivity contribution in [1.82, 2.24) is 4.98 Å². The van der Waals surface area contributed by atoms with Crippen molar-refractivity contribution in [2.24, 2.45) is 5.92 Å². The molecule has 0 aliphatic carbocycles. The highest BCUT2D eigenvalue weighted by Crippen LogP contribution is 2.20. The first-order valence-corrected chi connectivity index (χ1v) is 6.92. The van der Waals surface area contributed by atoms with Crippen LogP contribution >= 0.6 is 11.6 Å². The van der Waals surface area contributed by atoms with Crippen LogP contribution in [-0.2, 0) is 17.6 Å². The van der Waals surface area contributed by atoms with Crippen molar-refractivity contribution in [2.45, 2.75) is 12.8 Å². The third-order valence-electron chi connectivity index (χ3n) is 3.24. The summed E-state index contributed by atoms with van der Waals surface area (Å²) in [4.78, 5) is 15.4. The fourth-order valence-corrected chi connectivity index (χ4v) is 2.38. The number of pyridine rings is 1. The summed E-state index contributed by atoms with van der Waals surface area (Å²) in [7, 11) is 1.59. The number of aromatic nitrogens is 1. The number of hydrogen-bond donors (Lipinski definition) is 1. The van der Waals surface area contributed by atoms with E-state index in [1.807, 2.05) is 24.3 Å². The second kappa shape index (κ2) is 7.09. The summed E-state index contributed by atoms with van der Waals surface area (Å²) in [5, 5.41) is 9.78. The Balaban J connectivity index is 2.13. The van der Waals surface area contributed by atoms with Gasteiger partial charge in [-0.15, -0.1) is 0 Å². The molecular weight excluding hydrogens is 290 g/mol. The van der Waals surface area contributed by atoms with Gasteiger partial charge in [0.05, 0.1) is 13.0 Å². The molecule has 0 radical (unpaired) electrons. The van der Waals surface area contributed by atoms with Crippen LogP contribution in [0.4, 0.5) is 0 Å². The van der Waals surface area contributed by atoms with Gasteiger partial charge in [-0.25, -0.2) is 4.98 Å². The van der Waals surface area contributed by atoms with Crippen molar-refractivity contribution >= 4 is 17.6 Å². The van der Waals surface area contributed by atoms with E-state index in [1.165, 1.54) is 0 Å². The molecule has 2 rings (SSSR count). The molecule has 0 aliphatic rings. The Morgan fingerprint density at radius 2 is 2.00 bits per heavy atom. The van der Waals surface area contributed by atoms with Crippen molar-refractivity contribution in [3.63, 3.8) is 0 Å². The number of aliphatic carboxylic acids is 1. The summed E-state index contributed by atoms with van der Waals surface area (Å²) in [6, 6.07) is 10.9. The van der Waals surface area contributed by atoms with Crippen LogP contribution in [0.1, 0.15) is 11.1 Å². The molecule has 1 heterocycles. The molecule has 0 bridgehead atoms. The molecule has 1 atom stereocenters. The van der Waals surface area contributed by atoms with Gasteiger partial charge < -0.3 is 9.84 Å². The largest absolute Gasteiger partial charge is 0.497 e. The van der Waals surface area contributed by atoms with Crippen LogP contribution in [0, 0.1) is 5.92 Å². The lowest BCUT2D eigenvalue weighted by Crippen LogP contribution is -2.19. The minimum absolute atomic E-state index is 0.373. The highest BCUT2D eigenvalue weighted by molar-refractivity contribution is 6.29. The van der Waals surface area contributed by atoms with E-state index in [2.05, 4.69) is 4.98 Å². The van der Waals surface area contributed by atoms with Crippen molar-refractivity contribution < 1.29 is 14.6 Å². The maximum atomic E-state index is 11.5. The number of ether oxygens (including phenoxy) is 1. The molecule has 21 heavy (non-hydrogen) atoms. The molecule has 1 N–H and O–H groups in total. The molecule has 0 spiro atoms. The number of benzene rings is 1. The minimum Gasteiger partial charge on any atom is -0.497 e. The minimum atomic E-state index is -0.828. The van der Waals surface area contributed by atoms with Gasteiger partial charge in [-0.1, -0.05) is 23.7 Å². The van der Waals surface area contributed by atoms with E-state index in [0.717, 1.165) is 16.9 Å². The molecule has 5 heteroatoms. The normalized spacial score (nSPS) is 11.9. The molecule has 0 saturated carbocycles. The number of carboxylic acids is 1. The van der Waals surface area contributed by atoms with Crippen LogP contribution < -0.4 is 4.74 Å². The number of carbonyl (C=O) groups is 1. The average Bonchev–Trinajstić information content (AvgIpc) is 2.47. The molecule has 1 aromatic heterocycles. The zero-order chi connectivity index (χ0) is 15.2. The second-order valence-electron chi connectivity index (χ2n) is 4.78. The number of nitrogens with zero attached hydrogens (tertiary/aromatic N) is 1. The molecule has 4 nitrogen and oxygen atoms in total. The number of methoxy groups -OCH3 is 1. The molecule has 0 saturated heterocycles. The van der Waals surface area contributed by atoms with Gasteiger partial charge in [-0.3, -0.25) is 4.79 Å². The summed E-state index contributed by atoms with van der Waals surface area (Å²) in [6.45, 7) is 0. The van der Waals surface area contributed by atoms with Crippen LogP contribution in [0.3, 0.4) is 0 Å². The molecule has 0 fully saturated rings. The van der Waals surface area contributed by atoms with E-state index < -0.39 is 11.9 Å². The number of hydrogen-bond acceptors (Lipinski definition) is 3. The van der Waals surface area contributed by atoms with Gasteiger partial charge >= 0.3 is 5.97 Å². The molecule has 2 aromatic rings. The molecular formula is C16H16ClNO3. The van der Waals surface area contributed by atoms with Crippen LogP contribution in [0.5, 0.6) is 5.75 Å². The van der Waals surface area contributed by atoms with Crippen molar-refractivity contribution in [1.29, 1.82) is 0 Å². The second-order valence-corrected chi connectivity index (χ2v) is 5.17. The van der Waals surface area contributed by atoms with E-state index >= 15 is 0 Å². The fraction of sp³-hybridized carbons (Fsp3) is 0.250. The Morgan fingerprint density at radius 1 is 1.29 bits per heavy atom. The molecule has 1 unspecified atom stereocenters. The highest BCUT2D eigenvalue weighted by Gasteiger charge is 2.19. The number of halogens is 1. The van der Waals surface area contributed by atoms with Crippen LogP contribution in [0.2, 0.25) is 5.15 Å². The van der Waals surface area contributed by atoms with E-state index in [-0.39, 0.29) is 0 Å². The van der Waals surface area contributed by atoms with Gasteiger partial charge in [0.15, 0.2) is 0 Å². The van der Waals surface area contributed by atoms with Crippen LogP contribution in [0.25, 0.3) is 0 Å². The summed E-state index contributed by atoms with van der Waals surface area (Å²) in [6.07, 6.45) is 2.43.